The normalized spacial score (nSPS) is 13.7. The second-order valence-electron chi connectivity index (χ2n) is 18.8. The minimum atomic E-state index is -0.248. The molecule has 0 spiro atoms. The van der Waals surface area contributed by atoms with Gasteiger partial charge in [0.2, 0.25) is 0 Å². The summed E-state index contributed by atoms with van der Waals surface area (Å²) in [6.45, 7) is 14.8. The van der Waals surface area contributed by atoms with Crippen LogP contribution in [0.4, 0.5) is 0 Å². The summed E-state index contributed by atoms with van der Waals surface area (Å²) in [6, 6.07) is 68.3. The van der Waals surface area contributed by atoms with E-state index in [0.717, 1.165) is 0 Å². The molecule has 0 unspecified atom stereocenters. The average Bonchev–Trinajstić information content (AvgIpc) is 3.57. The van der Waals surface area contributed by atoms with Gasteiger partial charge in [0.1, 0.15) is 0 Å². The maximum atomic E-state index is 2.56. The van der Waals surface area contributed by atoms with Crippen LogP contribution in [0.1, 0.15) is 52.7 Å². The number of hydrogen-bond acceptors (Lipinski definition) is 0. The van der Waals surface area contributed by atoms with Crippen LogP contribution in [0.5, 0.6) is 0 Å². The molecule has 0 amide bonds. The smallest absolute Gasteiger partial charge is 0.0318 e. The minimum absolute atomic E-state index is 0.0781. The molecule has 0 atom stereocenters. The van der Waals surface area contributed by atoms with E-state index in [2.05, 4.69) is 224 Å². The second-order valence-corrected chi connectivity index (χ2v) is 18.8. The van der Waals surface area contributed by atoms with Crippen LogP contribution in [-0.2, 0) is 5.41 Å². The highest BCUT2D eigenvalue weighted by atomic mass is 14.6. The van der Waals surface area contributed by atoms with Gasteiger partial charge in [-0.3, -0.25) is 0 Å². The quantitative estimate of drug-likeness (QED) is 0.124. The summed E-state index contributed by atoms with van der Waals surface area (Å²) >= 11 is 0. The van der Waals surface area contributed by atoms with Crippen molar-refractivity contribution in [3.05, 3.63) is 193 Å². The first-order valence-corrected chi connectivity index (χ1v) is 21.2. The van der Waals surface area contributed by atoms with Gasteiger partial charge >= 0.3 is 0 Å². The standard InChI is InChI=1S/C59H48/c1-57(2,3)59(58(4,5)6)52-36-42-34-40(32-33-41(42)35-51(52)55-45-22-12-10-20-43(45)44-21-11-17-27-50(44)56(55)59)37-28-30-39(31-29-37)54-48-25-15-13-23-46(48)53(38-18-8-7-9-19-38)47-24-14-16-26-49(47)54/h7-36H,1-6H3. The van der Waals surface area contributed by atoms with Gasteiger partial charge in [0.05, 0.1) is 0 Å². The van der Waals surface area contributed by atoms with E-state index >= 15 is 0 Å². The summed E-state index contributed by atoms with van der Waals surface area (Å²) in [5, 5.41) is 13.1. The molecule has 0 aliphatic heterocycles. The lowest BCUT2D eigenvalue weighted by atomic mass is 9.49. The fourth-order valence-corrected chi connectivity index (χ4v) is 11.8. The summed E-state index contributed by atoms with van der Waals surface area (Å²) in [4.78, 5) is 0. The van der Waals surface area contributed by atoms with Crippen molar-refractivity contribution in [3.8, 4) is 44.5 Å². The molecule has 0 saturated carbocycles. The van der Waals surface area contributed by atoms with E-state index < -0.39 is 0 Å². The van der Waals surface area contributed by atoms with E-state index in [4.69, 9.17) is 0 Å². The third kappa shape index (κ3) is 5.02. The third-order valence-corrected chi connectivity index (χ3v) is 13.7. The fourth-order valence-electron chi connectivity index (χ4n) is 11.8. The van der Waals surface area contributed by atoms with Gasteiger partial charge < -0.3 is 0 Å². The van der Waals surface area contributed by atoms with Crippen LogP contribution < -0.4 is 0 Å². The SMILES string of the molecule is CC(C)(C)C1(C(C)(C)C)c2cc3cc(-c4ccc(-c5c6ccccc6c(-c6ccccc6)c6ccccc56)cc4)ccc3cc2-c2c1c1ccccc1c1ccccc21. The van der Waals surface area contributed by atoms with Crippen LogP contribution in [-0.4, -0.2) is 0 Å². The minimum Gasteiger partial charge on any atom is -0.0622 e. The van der Waals surface area contributed by atoms with Crippen molar-refractivity contribution >= 4 is 53.9 Å². The van der Waals surface area contributed by atoms with Crippen molar-refractivity contribution in [3.63, 3.8) is 0 Å². The van der Waals surface area contributed by atoms with Crippen molar-refractivity contribution in [1.29, 1.82) is 0 Å². The summed E-state index contributed by atoms with van der Waals surface area (Å²) < 4.78 is 0. The molecule has 10 aromatic carbocycles. The van der Waals surface area contributed by atoms with Gasteiger partial charge in [0.25, 0.3) is 0 Å². The second kappa shape index (κ2) is 12.7. The number of fused-ring (bicyclic) bond motifs is 11. The molecule has 0 nitrogen and oxygen atoms in total. The zero-order chi connectivity index (χ0) is 40.3. The number of hydrogen-bond donors (Lipinski definition) is 0. The zero-order valence-corrected chi connectivity index (χ0v) is 34.8. The van der Waals surface area contributed by atoms with Gasteiger partial charge in [-0.1, -0.05) is 205 Å². The first-order chi connectivity index (χ1) is 28.6. The van der Waals surface area contributed by atoms with Gasteiger partial charge in [0.15, 0.2) is 0 Å². The van der Waals surface area contributed by atoms with Crippen LogP contribution in [0.25, 0.3) is 98.4 Å². The molecule has 1 aliphatic carbocycles. The lowest BCUT2D eigenvalue weighted by molar-refractivity contribution is 0.0965. The van der Waals surface area contributed by atoms with Crippen molar-refractivity contribution in [2.24, 2.45) is 10.8 Å². The predicted molar refractivity (Wildman–Crippen MR) is 255 cm³/mol. The van der Waals surface area contributed by atoms with Crippen molar-refractivity contribution in [2.45, 2.75) is 47.0 Å². The molecule has 0 bridgehead atoms. The van der Waals surface area contributed by atoms with Crippen molar-refractivity contribution in [1.82, 2.24) is 0 Å². The van der Waals surface area contributed by atoms with E-state index in [0.29, 0.717) is 0 Å². The Bertz CT molecular complexity index is 3240. The molecule has 1 aliphatic rings. The molecule has 59 heavy (non-hydrogen) atoms. The summed E-state index contributed by atoms with van der Waals surface area (Å²) in [5.74, 6) is 0. The Morgan fingerprint density at radius 3 is 1.24 bits per heavy atom. The Balaban J connectivity index is 1.09. The van der Waals surface area contributed by atoms with Crippen LogP contribution in [0.15, 0.2) is 182 Å². The maximum Gasteiger partial charge on any atom is 0.0318 e. The highest BCUT2D eigenvalue weighted by molar-refractivity contribution is 6.22. The van der Waals surface area contributed by atoms with Crippen LogP contribution in [0.2, 0.25) is 0 Å². The monoisotopic (exact) mass is 756 g/mol. The Morgan fingerprint density at radius 2 is 0.712 bits per heavy atom. The lowest BCUT2D eigenvalue weighted by Gasteiger charge is -2.53. The van der Waals surface area contributed by atoms with Gasteiger partial charge in [-0.15, -0.1) is 0 Å². The maximum absolute atomic E-state index is 2.56. The lowest BCUT2D eigenvalue weighted by Crippen LogP contribution is -2.50. The average molecular weight is 757 g/mol. The zero-order valence-electron chi connectivity index (χ0n) is 34.8. The van der Waals surface area contributed by atoms with Crippen LogP contribution >= 0.6 is 0 Å². The molecule has 0 aromatic heterocycles. The molecule has 0 heteroatoms. The van der Waals surface area contributed by atoms with E-state index in [9.17, 15) is 0 Å². The third-order valence-electron chi connectivity index (χ3n) is 13.7. The van der Waals surface area contributed by atoms with Gasteiger partial charge in [-0.25, -0.2) is 0 Å². The Kier molecular flexibility index (Phi) is 7.70. The van der Waals surface area contributed by atoms with Crippen LogP contribution in [0, 0.1) is 10.8 Å². The highest BCUT2D eigenvalue weighted by Crippen LogP contribution is 2.67. The van der Waals surface area contributed by atoms with Crippen molar-refractivity contribution in [2.75, 3.05) is 0 Å². The molecular formula is C59H48. The molecule has 10 aromatic rings. The molecule has 11 rings (SSSR count). The van der Waals surface area contributed by atoms with Crippen LogP contribution in [0.3, 0.4) is 0 Å². The first kappa shape index (κ1) is 35.6. The Hall–Kier alpha value is -6.50. The van der Waals surface area contributed by atoms with E-state index in [-0.39, 0.29) is 16.2 Å². The van der Waals surface area contributed by atoms with E-state index in [1.807, 2.05) is 0 Å². The molecule has 0 radical (unpaired) electrons. The van der Waals surface area contributed by atoms with E-state index in [1.54, 1.807) is 0 Å². The molecular weight excluding hydrogens is 709 g/mol. The largest absolute Gasteiger partial charge is 0.0622 e. The van der Waals surface area contributed by atoms with Gasteiger partial charge in [0, 0.05) is 5.41 Å². The number of rotatable bonds is 3. The number of benzene rings is 10. The van der Waals surface area contributed by atoms with Gasteiger partial charge in [-0.2, -0.15) is 0 Å². The summed E-state index contributed by atoms with van der Waals surface area (Å²) in [5.41, 5.74) is 12.9. The highest BCUT2D eigenvalue weighted by Gasteiger charge is 2.58. The molecule has 0 heterocycles. The van der Waals surface area contributed by atoms with Gasteiger partial charge in [-0.05, 0) is 139 Å². The Morgan fingerprint density at radius 1 is 0.305 bits per heavy atom. The molecule has 0 fully saturated rings. The predicted octanol–water partition coefficient (Wildman–Crippen LogP) is 16.8. The molecule has 0 saturated heterocycles. The van der Waals surface area contributed by atoms with E-state index in [1.165, 1.54) is 109 Å². The summed E-state index contributed by atoms with van der Waals surface area (Å²) in [6.07, 6.45) is 0. The molecule has 284 valence electrons. The topological polar surface area (TPSA) is 0 Å². The van der Waals surface area contributed by atoms with Crippen molar-refractivity contribution < 1.29 is 0 Å². The fraction of sp³-hybridized carbons (Fsp3) is 0.153. The summed E-state index contributed by atoms with van der Waals surface area (Å²) in [7, 11) is 0. The Labute approximate surface area is 347 Å². The first-order valence-electron chi connectivity index (χ1n) is 21.2. The molecule has 0 N–H and O–H groups in total.